The summed E-state index contributed by atoms with van der Waals surface area (Å²) in [4.78, 5) is 0. The first-order valence-electron chi connectivity index (χ1n) is 4.52. The molecule has 1 heterocycles. The van der Waals surface area contributed by atoms with Crippen molar-refractivity contribution in [1.29, 1.82) is 0 Å². The quantitative estimate of drug-likeness (QED) is 0.723. The van der Waals surface area contributed by atoms with Gasteiger partial charge in [-0.2, -0.15) is 5.10 Å². The SMILES string of the molecule is CCC(N)CNc1ccc(C)nn1. The van der Waals surface area contributed by atoms with Crippen molar-refractivity contribution in [1.82, 2.24) is 10.2 Å². The van der Waals surface area contributed by atoms with Gasteiger partial charge in [0.25, 0.3) is 0 Å². The third-order valence-corrected chi connectivity index (χ3v) is 1.87. The van der Waals surface area contributed by atoms with Crippen LogP contribution in [0.4, 0.5) is 5.82 Å². The van der Waals surface area contributed by atoms with E-state index in [0.717, 1.165) is 24.5 Å². The highest BCUT2D eigenvalue weighted by atomic mass is 15.2. The van der Waals surface area contributed by atoms with Crippen molar-refractivity contribution in [2.24, 2.45) is 5.73 Å². The summed E-state index contributed by atoms with van der Waals surface area (Å²) < 4.78 is 0. The molecule has 1 atom stereocenters. The van der Waals surface area contributed by atoms with Gasteiger partial charge in [0, 0.05) is 12.6 Å². The van der Waals surface area contributed by atoms with Crippen LogP contribution in [0, 0.1) is 6.92 Å². The fraction of sp³-hybridized carbons (Fsp3) is 0.556. The number of aryl methyl sites for hydroxylation is 1. The van der Waals surface area contributed by atoms with Crippen LogP contribution in [-0.4, -0.2) is 22.8 Å². The monoisotopic (exact) mass is 180 g/mol. The van der Waals surface area contributed by atoms with Crippen LogP contribution in [0.5, 0.6) is 0 Å². The molecule has 0 aliphatic carbocycles. The summed E-state index contributed by atoms with van der Waals surface area (Å²) in [7, 11) is 0. The minimum absolute atomic E-state index is 0.183. The van der Waals surface area contributed by atoms with E-state index in [0.29, 0.717) is 0 Å². The molecule has 0 saturated heterocycles. The average Bonchev–Trinajstić information content (AvgIpc) is 2.16. The number of nitrogens with zero attached hydrogens (tertiary/aromatic N) is 2. The summed E-state index contributed by atoms with van der Waals surface area (Å²) in [5.74, 6) is 0.787. The molecule has 1 unspecified atom stereocenters. The summed E-state index contributed by atoms with van der Waals surface area (Å²) in [6.45, 7) is 4.72. The minimum Gasteiger partial charge on any atom is -0.367 e. The summed E-state index contributed by atoms with van der Waals surface area (Å²) in [6.07, 6.45) is 0.965. The normalized spacial score (nSPS) is 12.5. The first-order chi connectivity index (χ1) is 6.22. The number of anilines is 1. The highest BCUT2D eigenvalue weighted by Crippen LogP contribution is 2.00. The summed E-state index contributed by atoms with van der Waals surface area (Å²) in [6, 6.07) is 4.01. The molecule has 0 spiro atoms. The standard InChI is InChI=1S/C9H16N4/c1-3-8(10)6-11-9-5-4-7(2)12-13-9/h4-5,8H,3,6,10H2,1-2H3,(H,11,13). The maximum Gasteiger partial charge on any atom is 0.148 e. The van der Waals surface area contributed by atoms with E-state index in [9.17, 15) is 0 Å². The van der Waals surface area contributed by atoms with E-state index in [-0.39, 0.29) is 6.04 Å². The van der Waals surface area contributed by atoms with Crippen molar-refractivity contribution >= 4 is 5.82 Å². The van der Waals surface area contributed by atoms with E-state index in [1.807, 2.05) is 19.1 Å². The van der Waals surface area contributed by atoms with Gasteiger partial charge in [-0.25, -0.2) is 0 Å². The Kier molecular flexibility index (Phi) is 3.64. The zero-order chi connectivity index (χ0) is 9.68. The van der Waals surface area contributed by atoms with Crippen molar-refractivity contribution in [2.75, 3.05) is 11.9 Å². The smallest absolute Gasteiger partial charge is 0.148 e. The van der Waals surface area contributed by atoms with Gasteiger partial charge in [0.1, 0.15) is 5.82 Å². The maximum absolute atomic E-state index is 5.74. The molecule has 0 amide bonds. The van der Waals surface area contributed by atoms with E-state index in [2.05, 4.69) is 22.4 Å². The van der Waals surface area contributed by atoms with Crippen LogP contribution >= 0.6 is 0 Å². The van der Waals surface area contributed by atoms with Gasteiger partial charge >= 0.3 is 0 Å². The van der Waals surface area contributed by atoms with Crippen LogP contribution < -0.4 is 11.1 Å². The lowest BCUT2D eigenvalue weighted by molar-refractivity contribution is 0.676. The summed E-state index contributed by atoms with van der Waals surface area (Å²) in [5, 5.41) is 11.0. The third-order valence-electron chi connectivity index (χ3n) is 1.87. The Morgan fingerprint density at radius 1 is 1.46 bits per heavy atom. The molecular formula is C9H16N4. The van der Waals surface area contributed by atoms with Crippen LogP contribution in [0.2, 0.25) is 0 Å². The topological polar surface area (TPSA) is 63.8 Å². The van der Waals surface area contributed by atoms with Gasteiger partial charge < -0.3 is 11.1 Å². The van der Waals surface area contributed by atoms with Crippen molar-refractivity contribution in [3.8, 4) is 0 Å². The Balaban J connectivity index is 2.41. The second kappa shape index (κ2) is 4.77. The van der Waals surface area contributed by atoms with Gasteiger partial charge in [-0.1, -0.05) is 6.92 Å². The minimum atomic E-state index is 0.183. The summed E-state index contributed by atoms with van der Waals surface area (Å²) >= 11 is 0. The fourth-order valence-electron chi connectivity index (χ4n) is 0.873. The van der Waals surface area contributed by atoms with Crippen molar-refractivity contribution in [3.05, 3.63) is 17.8 Å². The second-order valence-corrected chi connectivity index (χ2v) is 3.11. The highest BCUT2D eigenvalue weighted by Gasteiger charge is 1.99. The van der Waals surface area contributed by atoms with Crippen molar-refractivity contribution in [3.63, 3.8) is 0 Å². The van der Waals surface area contributed by atoms with Gasteiger partial charge in [-0.3, -0.25) is 0 Å². The molecule has 4 heteroatoms. The van der Waals surface area contributed by atoms with E-state index in [1.54, 1.807) is 0 Å². The number of rotatable bonds is 4. The Hall–Kier alpha value is -1.16. The van der Waals surface area contributed by atoms with Crippen LogP contribution in [0.3, 0.4) is 0 Å². The number of aromatic nitrogens is 2. The van der Waals surface area contributed by atoms with Crippen LogP contribution in [0.15, 0.2) is 12.1 Å². The molecule has 0 aromatic carbocycles. The number of nitrogens with two attached hydrogens (primary N) is 1. The molecule has 72 valence electrons. The predicted molar refractivity (Wildman–Crippen MR) is 53.5 cm³/mol. The van der Waals surface area contributed by atoms with Crippen LogP contribution in [-0.2, 0) is 0 Å². The Bertz CT molecular complexity index is 244. The van der Waals surface area contributed by atoms with Crippen LogP contribution in [0.25, 0.3) is 0 Å². The molecule has 0 aliphatic heterocycles. The molecule has 0 bridgehead atoms. The molecule has 13 heavy (non-hydrogen) atoms. The second-order valence-electron chi connectivity index (χ2n) is 3.11. The molecule has 1 aromatic heterocycles. The molecule has 0 saturated carbocycles. The highest BCUT2D eigenvalue weighted by molar-refractivity contribution is 5.32. The van der Waals surface area contributed by atoms with Crippen molar-refractivity contribution < 1.29 is 0 Å². The van der Waals surface area contributed by atoms with Gasteiger partial charge in [0.2, 0.25) is 0 Å². The largest absolute Gasteiger partial charge is 0.367 e. The zero-order valence-electron chi connectivity index (χ0n) is 8.12. The van der Waals surface area contributed by atoms with Crippen molar-refractivity contribution in [2.45, 2.75) is 26.3 Å². The van der Waals surface area contributed by atoms with Gasteiger partial charge in [0.15, 0.2) is 0 Å². The molecule has 3 N–H and O–H groups in total. The van der Waals surface area contributed by atoms with E-state index in [1.165, 1.54) is 0 Å². The Morgan fingerprint density at radius 2 is 2.23 bits per heavy atom. The van der Waals surface area contributed by atoms with Crippen LogP contribution in [0.1, 0.15) is 19.0 Å². The molecule has 0 radical (unpaired) electrons. The van der Waals surface area contributed by atoms with E-state index in [4.69, 9.17) is 5.73 Å². The lowest BCUT2D eigenvalue weighted by Crippen LogP contribution is -2.28. The van der Waals surface area contributed by atoms with E-state index < -0.39 is 0 Å². The number of hydrogen-bond acceptors (Lipinski definition) is 4. The molecule has 4 nitrogen and oxygen atoms in total. The molecule has 1 rings (SSSR count). The fourth-order valence-corrected chi connectivity index (χ4v) is 0.873. The molecule has 0 fully saturated rings. The predicted octanol–water partition coefficient (Wildman–Crippen LogP) is 0.934. The molecule has 1 aromatic rings. The number of hydrogen-bond donors (Lipinski definition) is 2. The van der Waals surface area contributed by atoms with Gasteiger partial charge in [-0.05, 0) is 25.5 Å². The molecule has 0 aliphatic rings. The zero-order valence-corrected chi connectivity index (χ0v) is 8.12. The lowest BCUT2D eigenvalue weighted by atomic mass is 10.2. The average molecular weight is 180 g/mol. The van der Waals surface area contributed by atoms with Gasteiger partial charge in [0.05, 0.1) is 5.69 Å². The lowest BCUT2D eigenvalue weighted by Gasteiger charge is -2.09. The van der Waals surface area contributed by atoms with Gasteiger partial charge in [-0.15, -0.1) is 5.10 Å². The Labute approximate surface area is 78.6 Å². The Morgan fingerprint density at radius 3 is 2.77 bits per heavy atom. The molecular weight excluding hydrogens is 164 g/mol. The first kappa shape index (κ1) is 9.92. The summed E-state index contributed by atoms with van der Waals surface area (Å²) in [5.41, 5.74) is 6.66. The van der Waals surface area contributed by atoms with E-state index >= 15 is 0 Å². The third kappa shape index (κ3) is 3.38. The maximum atomic E-state index is 5.74. The number of nitrogens with one attached hydrogen (secondary N) is 1. The first-order valence-corrected chi connectivity index (χ1v) is 4.52.